The van der Waals surface area contributed by atoms with Crippen LogP contribution in [0.25, 0.3) is 76.2 Å². The molecule has 35 heavy (non-hydrogen) atoms. The lowest BCUT2D eigenvalue weighted by Crippen LogP contribution is -1.88. The van der Waals surface area contributed by atoms with Gasteiger partial charge in [0, 0.05) is 10.8 Å². The smallest absolute Gasteiger partial charge is 0.135 e. The molecular formula is C34H20O. The van der Waals surface area contributed by atoms with Crippen molar-refractivity contribution in [3.8, 4) is 11.1 Å². The van der Waals surface area contributed by atoms with Gasteiger partial charge in [-0.25, -0.2) is 0 Å². The molecule has 0 bridgehead atoms. The zero-order chi connectivity index (χ0) is 22.9. The molecule has 7 aromatic carbocycles. The van der Waals surface area contributed by atoms with Crippen LogP contribution in [0.5, 0.6) is 0 Å². The topological polar surface area (TPSA) is 13.1 Å². The lowest BCUT2D eigenvalue weighted by Gasteiger charge is -2.16. The van der Waals surface area contributed by atoms with Gasteiger partial charge in [-0.05, 0) is 78.5 Å². The number of hydrogen-bond acceptors (Lipinski definition) is 1. The summed E-state index contributed by atoms with van der Waals surface area (Å²) in [5.41, 5.74) is 4.32. The molecular weight excluding hydrogens is 424 g/mol. The molecule has 0 N–H and O–H groups in total. The van der Waals surface area contributed by atoms with E-state index < -0.39 is 0 Å². The zero-order valence-corrected chi connectivity index (χ0v) is 19.0. The summed E-state index contributed by atoms with van der Waals surface area (Å²) in [7, 11) is 0. The summed E-state index contributed by atoms with van der Waals surface area (Å²) in [5, 5.41) is 12.7. The third kappa shape index (κ3) is 2.58. The van der Waals surface area contributed by atoms with Crippen LogP contribution in [0.15, 0.2) is 126 Å². The van der Waals surface area contributed by atoms with Gasteiger partial charge >= 0.3 is 0 Å². The predicted octanol–water partition coefficient (Wildman–Crippen LogP) is 9.87. The first kappa shape index (κ1) is 18.8. The van der Waals surface area contributed by atoms with Crippen LogP contribution in [0.4, 0.5) is 0 Å². The van der Waals surface area contributed by atoms with Crippen LogP contribution in [0.2, 0.25) is 0 Å². The highest BCUT2D eigenvalue weighted by Crippen LogP contribution is 2.43. The number of para-hydroxylation sites is 1. The summed E-state index contributed by atoms with van der Waals surface area (Å²) in [6.07, 6.45) is 0. The van der Waals surface area contributed by atoms with Gasteiger partial charge in [0.2, 0.25) is 0 Å². The lowest BCUT2D eigenvalue weighted by atomic mass is 9.87. The van der Waals surface area contributed by atoms with Crippen LogP contribution in [0.1, 0.15) is 0 Å². The monoisotopic (exact) mass is 444 g/mol. The summed E-state index contributed by atoms with van der Waals surface area (Å²) < 4.78 is 6.11. The molecule has 0 fully saturated rings. The molecule has 1 heterocycles. The number of furan rings is 1. The largest absolute Gasteiger partial charge is 0.456 e. The van der Waals surface area contributed by atoms with Crippen LogP contribution >= 0.6 is 0 Å². The van der Waals surface area contributed by atoms with Crippen LogP contribution < -0.4 is 0 Å². The fourth-order valence-corrected chi connectivity index (χ4v) is 5.90. The molecule has 0 radical (unpaired) electrons. The second-order valence-electron chi connectivity index (χ2n) is 9.29. The molecule has 0 aliphatic heterocycles. The van der Waals surface area contributed by atoms with E-state index in [1.165, 1.54) is 54.2 Å². The van der Waals surface area contributed by atoms with E-state index in [2.05, 4.69) is 109 Å². The van der Waals surface area contributed by atoms with Crippen LogP contribution in [-0.4, -0.2) is 0 Å². The summed E-state index contributed by atoms with van der Waals surface area (Å²) in [5.74, 6) is 0. The highest BCUT2D eigenvalue weighted by molar-refractivity contribution is 6.33. The molecule has 0 amide bonds. The Balaban J connectivity index is 1.57. The van der Waals surface area contributed by atoms with Crippen molar-refractivity contribution >= 4 is 65.0 Å². The Hall–Kier alpha value is -4.62. The highest BCUT2D eigenvalue weighted by atomic mass is 16.3. The molecule has 0 atom stereocenters. The average molecular weight is 445 g/mol. The molecule has 0 aliphatic carbocycles. The van der Waals surface area contributed by atoms with Gasteiger partial charge in [-0.15, -0.1) is 0 Å². The van der Waals surface area contributed by atoms with Crippen LogP contribution in [0.3, 0.4) is 0 Å². The molecule has 162 valence electrons. The Morgan fingerprint density at radius 1 is 0.343 bits per heavy atom. The van der Waals surface area contributed by atoms with E-state index in [0.717, 1.165) is 21.9 Å². The zero-order valence-electron chi connectivity index (χ0n) is 19.0. The van der Waals surface area contributed by atoms with Gasteiger partial charge in [0.15, 0.2) is 0 Å². The van der Waals surface area contributed by atoms with E-state index in [1.54, 1.807) is 0 Å². The number of benzene rings is 7. The lowest BCUT2D eigenvalue weighted by molar-refractivity contribution is 0.669. The minimum absolute atomic E-state index is 0.927. The second kappa shape index (κ2) is 6.94. The first-order valence-electron chi connectivity index (χ1n) is 12.0. The van der Waals surface area contributed by atoms with E-state index in [-0.39, 0.29) is 0 Å². The fourth-order valence-electron chi connectivity index (χ4n) is 5.90. The molecule has 8 aromatic rings. The average Bonchev–Trinajstić information content (AvgIpc) is 3.30. The number of rotatable bonds is 1. The van der Waals surface area contributed by atoms with Crippen molar-refractivity contribution in [2.75, 3.05) is 0 Å². The number of hydrogen-bond donors (Lipinski definition) is 0. The first-order valence-corrected chi connectivity index (χ1v) is 12.0. The van der Waals surface area contributed by atoms with E-state index in [1.807, 2.05) is 12.1 Å². The standard InChI is InChI=1S/C34H20O/c1-2-11-24-22(9-1)23-10-3-5-14-27(23)34-28-15-6-4-12-25(28)29(20-31(24)34)21-17-18-33-30(19-21)26-13-7-8-16-32(26)35-33/h1-20H. The Morgan fingerprint density at radius 2 is 0.857 bits per heavy atom. The van der Waals surface area contributed by atoms with Gasteiger partial charge in [-0.3, -0.25) is 0 Å². The molecule has 0 saturated heterocycles. The van der Waals surface area contributed by atoms with Gasteiger partial charge in [-0.2, -0.15) is 0 Å². The van der Waals surface area contributed by atoms with Gasteiger partial charge in [0.05, 0.1) is 0 Å². The minimum atomic E-state index is 0.927. The molecule has 0 saturated carbocycles. The molecule has 1 heteroatoms. The Kier molecular flexibility index (Phi) is 3.72. The second-order valence-corrected chi connectivity index (χ2v) is 9.29. The molecule has 1 aromatic heterocycles. The van der Waals surface area contributed by atoms with Crippen molar-refractivity contribution in [1.29, 1.82) is 0 Å². The predicted molar refractivity (Wildman–Crippen MR) is 149 cm³/mol. The van der Waals surface area contributed by atoms with Crippen molar-refractivity contribution < 1.29 is 4.42 Å². The molecule has 0 aliphatic rings. The van der Waals surface area contributed by atoms with Gasteiger partial charge in [0.25, 0.3) is 0 Å². The van der Waals surface area contributed by atoms with E-state index in [4.69, 9.17) is 4.42 Å². The van der Waals surface area contributed by atoms with E-state index >= 15 is 0 Å². The van der Waals surface area contributed by atoms with Crippen LogP contribution in [-0.2, 0) is 0 Å². The minimum Gasteiger partial charge on any atom is -0.456 e. The SMILES string of the molecule is c1ccc2c(c1)oc1ccc(-c3cc4c5ccccc5c5ccccc5c4c4ccccc34)cc12. The maximum Gasteiger partial charge on any atom is 0.135 e. The summed E-state index contributed by atoms with van der Waals surface area (Å²) in [6, 6.07) is 43.7. The van der Waals surface area contributed by atoms with E-state index in [9.17, 15) is 0 Å². The van der Waals surface area contributed by atoms with Crippen molar-refractivity contribution in [1.82, 2.24) is 0 Å². The third-order valence-corrected chi connectivity index (χ3v) is 7.44. The Bertz CT molecular complexity index is 2110. The number of fused-ring (bicyclic) bond motifs is 11. The van der Waals surface area contributed by atoms with Crippen molar-refractivity contribution in [3.63, 3.8) is 0 Å². The van der Waals surface area contributed by atoms with Gasteiger partial charge < -0.3 is 4.42 Å². The van der Waals surface area contributed by atoms with Gasteiger partial charge in [0.1, 0.15) is 11.2 Å². The first-order chi connectivity index (χ1) is 17.4. The summed E-state index contributed by atoms with van der Waals surface area (Å²) in [6.45, 7) is 0. The maximum absolute atomic E-state index is 6.11. The van der Waals surface area contributed by atoms with Crippen molar-refractivity contribution in [3.05, 3.63) is 121 Å². The quantitative estimate of drug-likeness (QED) is 0.230. The van der Waals surface area contributed by atoms with E-state index in [0.29, 0.717) is 0 Å². The van der Waals surface area contributed by atoms with Crippen molar-refractivity contribution in [2.24, 2.45) is 0 Å². The highest BCUT2D eigenvalue weighted by Gasteiger charge is 2.15. The molecule has 8 rings (SSSR count). The molecule has 1 nitrogen and oxygen atoms in total. The molecule has 0 unspecified atom stereocenters. The molecule has 0 spiro atoms. The summed E-state index contributed by atoms with van der Waals surface area (Å²) in [4.78, 5) is 0. The maximum atomic E-state index is 6.11. The third-order valence-electron chi connectivity index (χ3n) is 7.44. The Morgan fingerprint density at radius 3 is 1.60 bits per heavy atom. The van der Waals surface area contributed by atoms with Crippen molar-refractivity contribution in [2.45, 2.75) is 0 Å². The normalized spacial score (nSPS) is 12.0. The van der Waals surface area contributed by atoms with Gasteiger partial charge in [-0.1, -0.05) is 97.1 Å². The fraction of sp³-hybridized carbons (Fsp3) is 0. The summed E-state index contributed by atoms with van der Waals surface area (Å²) >= 11 is 0. The Labute approximate surface area is 201 Å². The van der Waals surface area contributed by atoms with Crippen LogP contribution in [0, 0.1) is 0 Å².